The third kappa shape index (κ3) is 8.04. The third-order valence-corrected chi connectivity index (χ3v) is 5.49. The van der Waals surface area contributed by atoms with Crippen molar-refractivity contribution >= 4 is 8.69 Å². The molecule has 0 saturated heterocycles. The predicted octanol–water partition coefficient (Wildman–Crippen LogP) is 5.92. The van der Waals surface area contributed by atoms with Crippen LogP contribution in [0.25, 0.3) is 0 Å². The summed E-state index contributed by atoms with van der Waals surface area (Å²) < 4.78 is 67.7. The normalized spacial score (nSPS) is 13.4. The highest BCUT2D eigenvalue weighted by molar-refractivity contribution is 7.17. The van der Waals surface area contributed by atoms with Crippen molar-refractivity contribution < 1.29 is 36.8 Å². The standard InChI is InChI=1S/C25H25F3NO5P/c26-25(27,28)22-14-18(11-12-24(29,16-30)17-33-35-31)9-10-23(22)32-15-19-5-4-8-21(13-19)34-20-6-2-1-3-7-20/h1-10,13-14,30H,11-12,15-17,29H2. The second kappa shape index (κ2) is 12.1. The molecule has 1 atom stereocenters. The average Bonchev–Trinajstić information content (AvgIpc) is 2.85. The fourth-order valence-electron chi connectivity index (χ4n) is 3.31. The molecule has 10 heteroatoms. The van der Waals surface area contributed by atoms with Gasteiger partial charge in [-0.3, -0.25) is 4.52 Å². The zero-order valence-electron chi connectivity index (χ0n) is 18.7. The summed E-state index contributed by atoms with van der Waals surface area (Å²) in [5.74, 6) is 0.881. The number of ether oxygens (including phenoxy) is 2. The molecule has 0 heterocycles. The molecule has 0 amide bonds. The molecule has 1 unspecified atom stereocenters. The van der Waals surface area contributed by atoms with E-state index in [1.54, 1.807) is 36.4 Å². The molecule has 0 spiro atoms. The first-order valence-electron chi connectivity index (χ1n) is 10.7. The zero-order chi connectivity index (χ0) is 25.3. The maximum absolute atomic E-state index is 13.7. The molecule has 0 aliphatic heterocycles. The summed E-state index contributed by atoms with van der Waals surface area (Å²) >= 11 is 0. The SMILES string of the molecule is NC(CO)(CCc1ccc(OCc2cccc(Oc3ccccc3)c2)c(C(F)(F)F)c1)COP=O. The van der Waals surface area contributed by atoms with Crippen molar-refractivity contribution in [1.29, 1.82) is 0 Å². The van der Waals surface area contributed by atoms with Gasteiger partial charge in [0.2, 0.25) is 0 Å². The Morgan fingerprint density at radius 1 is 0.914 bits per heavy atom. The van der Waals surface area contributed by atoms with Crippen molar-refractivity contribution in [2.75, 3.05) is 13.2 Å². The number of nitrogens with two attached hydrogens (primary N) is 1. The van der Waals surface area contributed by atoms with E-state index < -0.39 is 32.6 Å². The number of rotatable bonds is 12. The number of aliphatic hydroxyl groups excluding tert-OH is 1. The Labute approximate surface area is 202 Å². The number of hydrogen-bond acceptors (Lipinski definition) is 6. The minimum absolute atomic E-state index is 0.0867. The van der Waals surface area contributed by atoms with Crippen molar-refractivity contribution in [2.45, 2.75) is 31.2 Å². The van der Waals surface area contributed by atoms with E-state index in [0.29, 0.717) is 22.6 Å². The van der Waals surface area contributed by atoms with Gasteiger partial charge in [-0.2, -0.15) is 13.2 Å². The molecule has 6 nitrogen and oxygen atoms in total. The molecular weight excluding hydrogens is 482 g/mol. The summed E-state index contributed by atoms with van der Waals surface area (Å²) in [6.07, 6.45) is -4.35. The second-order valence-electron chi connectivity index (χ2n) is 8.05. The third-order valence-electron chi connectivity index (χ3n) is 5.25. The van der Waals surface area contributed by atoms with E-state index in [-0.39, 0.29) is 31.8 Å². The number of benzene rings is 3. The smallest absolute Gasteiger partial charge is 0.419 e. The first-order chi connectivity index (χ1) is 16.7. The van der Waals surface area contributed by atoms with Gasteiger partial charge in [0.15, 0.2) is 0 Å². The predicted molar refractivity (Wildman–Crippen MR) is 125 cm³/mol. The average molecular weight is 507 g/mol. The van der Waals surface area contributed by atoms with E-state index in [1.807, 2.05) is 18.2 Å². The molecule has 3 aromatic rings. The lowest BCUT2D eigenvalue weighted by molar-refractivity contribution is -0.139. The largest absolute Gasteiger partial charge is 0.488 e. The highest BCUT2D eigenvalue weighted by atomic mass is 31.1. The van der Waals surface area contributed by atoms with E-state index in [4.69, 9.17) is 19.7 Å². The molecule has 35 heavy (non-hydrogen) atoms. The van der Waals surface area contributed by atoms with Crippen LogP contribution in [0.1, 0.15) is 23.1 Å². The van der Waals surface area contributed by atoms with E-state index in [9.17, 15) is 22.8 Å². The molecular formula is C25H25F3NO5P. The van der Waals surface area contributed by atoms with Gasteiger partial charge in [0.1, 0.15) is 23.9 Å². The number of aryl methyl sites for hydroxylation is 1. The van der Waals surface area contributed by atoms with E-state index >= 15 is 0 Å². The van der Waals surface area contributed by atoms with Crippen molar-refractivity contribution in [3.05, 3.63) is 89.5 Å². The molecule has 0 bridgehead atoms. The Morgan fingerprint density at radius 3 is 2.34 bits per heavy atom. The molecule has 3 rings (SSSR count). The monoisotopic (exact) mass is 507 g/mol. The Balaban J connectivity index is 1.70. The summed E-state index contributed by atoms with van der Waals surface area (Å²) in [6.45, 7) is -0.756. The van der Waals surface area contributed by atoms with Gasteiger partial charge in [0.25, 0.3) is 0 Å². The Bertz CT molecular complexity index is 1110. The van der Waals surface area contributed by atoms with Gasteiger partial charge in [-0.05, 0) is 60.4 Å². The fourth-order valence-corrected chi connectivity index (χ4v) is 3.62. The molecule has 3 N–H and O–H groups in total. The number of aliphatic hydroxyl groups is 1. The van der Waals surface area contributed by atoms with E-state index in [1.165, 1.54) is 12.1 Å². The maximum Gasteiger partial charge on any atom is 0.419 e. The van der Waals surface area contributed by atoms with Crippen LogP contribution in [0, 0.1) is 0 Å². The minimum Gasteiger partial charge on any atom is -0.488 e. The number of hydrogen-bond donors (Lipinski definition) is 2. The van der Waals surface area contributed by atoms with Crippen molar-refractivity contribution in [3.8, 4) is 17.2 Å². The van der Waals surface area contributed by atoms with Crippen LogP contribution < -0.4 is 15.2 Å². The number of halogens is 3. The van der Waals surface area contributed by atoms with Crippen LogP contribution in [0.5, 0.6) is 17.2 Å². The van der Waals surface area contributed by atoms with Crippen molar-refractivity contribution in [2.24, 2.45) is 5.73 Å². The Hall–Kier alpha value is -2.97. The molecule has 3 aromatic carbocycles. The molecule has 0 radical (unpaired) electrons. The summed E-state index contributed by atoms with van der Waals surface area (Å²) in [7, 11) is -0.589. The molecule has 0 aliphatic carbocycles. The molecule has 0 aromatic heterocycles. The van der Waals surface area contributed by atoms with Gasteiger partial charge in [0, 0.05) is 0 Å². The molecule has 0 aliphatic rings. The summed E-state index contributed by atoms with van der Waals surface area (Å²) in [6, 6.07) is 19.8. The summed E-state index contributed by atoms with van der Waals surface area (Å²) in [4.78, 5) is 0. The van der Waals surface area contributed by atoms with Gasteiger partial charge in [-0.1, -0.05) is 36.4 Å². The minimum atomic E-state index is -4.63. The number of para-hydroxylation sites is 1. The lowest BCUT2D eigenvalue weighted by Crippen LogP contribution is -2.47. The molecule has 0 fully saturated rings. The quantitative estimate of drug-likeness (QED) is 0.296. The Kier molecular flexibility index (Phi) is 9.23. The topological polar surface area (TPSA) is 91.0 Å². The lowest BCUT2D eigenvalue weighted by atomic mass is 9.93. The fraction of sp³-hybridized carbons (Fsp3) is 0.280. The van der Waals surface area contributed by atoms with Gasteiger partial charge in [-0.25, -0.2) is 4.57 Å². The van der Waals surface area contributed by atoms with Crippen molar-refractivity contribution in [1.82, 2.24) is 0 Å². The Morgan fingerprint density at radius 2 is 1.66 bits per heavy atom. The van der Waals surface area contributed by atoms with Crippen LogP contribution >= 0.6 is 8.69 Å². The van der Waals surface area contributed by atoms with Crippen molar-refractivity contribution in [3.63, 3.8) is 0 Å². The molecule has 186 valence electrons. The first kappa shape index (κ1) is 26.6. The second-order valence-corrected chi connectivity index (χ2v) is 8.46. The van der Waals surface area contributed by atoms with Crippen LogP contribution in [0.3, 0.4) is 0 Å². The van der Waals surface area contributed by atoms with Crippen LogP contribution in [0.4, 0.5) is 13.2 Å². The van der Waals surface area contributed by atoms with Crippen LogP contribution in [-0.2, 0) is 28.3 Å². The van der Waals surface area contributed by atoms with Gasteiger partial charge >= 0.3 is 14.9 Å². The van der Waals surface area contributed by atoms with Crippen LogP contribution in [0.15, 0.2) is 72.8 Å². The van der Waals surface area contributed by atoms with Crippen LogP contribution in [-0.4, -0.2) is 23.9 Å². The maximum atomic E-state index is 13.7. The highest BCUT2D eigenvalue weighted by Gasteiger charge is 2.35. The molecule has 0 saturated carbocycles. The van der Waals surface area contributed by atoms with Crippen LogP contribution in [0.2, 0.25) is 0 Å². The van der Waals surface area contributed by atoms with Gasteiger partial charge < -0.3 is 20.3 Å². The lowest BCUT2D eigenvalue weighted by Gasteiger charge is -2.25. The zero-order valence-corrected chi connectivity index (χ0v) is 19.6. The first-order valence-corrected chi connectivity index (χ1v) is 11.4. The number of alkyl halides is 3. The highest BCUT2D eigenvalue weighted by Crippen LogP contribution is 2.37. The van der Waals surface area contributed by atoms with Gasteiger partial charge in [-0.15, -0.1) is 0 Å². The van der Waals surface area contributed by atoms with Gasteiger partial charge in [0.05, 0.1) is 24.3 Å². The summed E-state index contributed by atoms with van der Waals surface area (Å²) in [5.41, 5.74) is 4.86. The summed E-state index contributed by atoms with van der Waals surface area (Å²) in [5, 5.41) is 9.48. The van der Waals surface area contributed by atoms with E-state index in [2.05, 4.69) is 0 Å². The van der Waals surface area contributed by atoms with E-state index in [0.717, 1.165) is 6.07 Å².